The number of aryl methyl sites for hydroxylation is 2. The second-order valence-corrected chi connectivity index (χ2v) is 4.28. The van der Waals surface area contributed by atoms with Gasteiger partial charge in [-0.15, -0.1) is 11.3 Å². The van der Waals surface area contributed by atoms with Crippen molar-refractivity contribution in [3.05, 3.63) is 21.4 Å². The van der Waals surface area contributed by atoms with E-state index < -0.39 is 11.9 Å². The van der Waals surface area contributed by atoms with Crippen molar-refractivity contribution in [1.82, 2.24) is 5.32 Å². The predicted molar refractivity (Wildman–Crippen MR) is 53.3 cm³/mol. The highest BCUT2D eigenvalue weighted by molar-refractivity contribution is 7.12. The topological polar surface area (TPSA) is 66.4 Å². The van der Waals surface area contributed by atoms with Crippen LogP contribution in [0.5, 0.6) is 0 Å². The molecule has 0 unspecified atom stereocenters. The molecule has 0 saturated carbocycles. The predicted octanol–water partition coefficient (Wildman–Crippen LogP) is 1.07. The van der Waals surface area contributed by atoms with Crippen LogP contribution in [-0.2, 0) is 16.1 Å². The first-order chi connectivity index (χ1) is 6.50. The minimum atomic E-state index is -1.45. The number of amides is 1. The van der Waals surface area contributed by atoms with E-state index in [-0.39, 0.29) is 6.54 Å². The number of nitrogens with one attached hydrogen (secondary N) is 1. The van der Waals surface area contributed by atoms with Crippen LogP contribution in [0.4, 0.5) is 0 Å². The molecule has 0 aromatic carbocycles. The van der Waals surface area contributed by atoms with Gasteiger partial charge in [-0.25, -0.2) is 4.79 Å². The third-order valence-corrected chi connectivity index (χ3v) is 2.99. The third kappa shape index (κ3) is 2.56. The van der Waals surface area contributed by atoms with E-state index in [0.29, 0.717) is 0 Å². The Bertz CT molecular complexity index is 351. The number of hydrogen-bond acceptors (Lipinski definition) is 3. The minimum Gasteiger partial charge on any atom is -0.474 e. The molecule has 4 nitrogen and oxygen atoms in total. The molecular weight excluding hydrogens is 202 g/mol. The van der Waals surface area contributed by atoms with Crippen LogP contribution >= 0.6 is 11.3 Å². The van der Waals surface area contributed by atoms with Crippen molar-refractivity contribution < 1.29 is 14.7 Å². The van der Waals surface area contributed by atoms with Gasteiger partial charge in [-0.2, -0.15) is 0 Å². The fraction of sp³-hybridized carbons (Fsp3) is 0.333. The maximum Gasteiger partial charge on any atom is 0.394 e. The van der Waals surface area contributed by atoms with Crippen molar-refractivity contribution in [2.24, 2.45) is 0 Å². The zero-order valence-electron chi connectivity index (χ0n) is 7.96. The molecule has 1 aromatic heterocycles. The molecule has 0 bridgehead atoms. The molecule has 1 heterocycles. The number of hydrogen-bond donors (Lipinski definition) is 2. The highest BCUT2D eigenvalue weighted by atomic mass is 32.1. The summed E-state index contributed by atoms with van der Waals surface area (Å²) in [5.41, 5.74) is 1.16. The van der Waals surface area contributed by atoms with Crippen molar-refractivity contribution in [1.29, 1.82) is 0 Å². The summed E-state index contributed by atoms with van der Waals surface area (Å²) in [6.07, 6.45) is 0. The minimum absolute atomic E-state index is 0.282. The van der Waals surface area contributed by atoms with Gasteiger partial charge in [0.25, 0.3) is 0 Å². The van der Waals surface area contributed by atoms with Crippen LogP contribution in [0.25, 0.3) is 0 Å². The van der Waals surface area contributed by atoms with Gasteiger partial charge >= 0.3 is 11.9 Å². The molecule has 14 heavy (non-hydrogen) atoms. The Morgan fingerprint density at radius 3 is 2.57 bits per heavy atom. The fourth-order valence-corrected chi connectivity index (χ4v) is 1.97. The molecule has 5 heteroatoms. The number of carbonyl (C=O) groups is 2. The number of carboxylic acids is 1. The number of thiophene rings is 1. The average Bonchev–Trinajstić information content (AvgIpc) is 2.42. The van der Waals surface area contributed by atoms with Crippen LogP contribution in [0.2, 0.25) is 0 Å². The van der Waals surface area contributed by atoms with Gasteiger partial charge in [-0.05, 0) is 25.5 Å². The monoisotopic (exact) mass is 213 g/mol. The molecule has 76 valence electrons. The van der Waals surface area contributed by atoms with Crippen molar-refractivity contribution in [2.45, 2.75) is 20.4 Å². The number of carbonyl (C=O) groups excluding carboxylic acids is 1. The highest BCUT2D eigenvalue weighted by Crippen LogP contribution is 2.19. The van der Waals surface area contributed by atoms with E-state index in [0.717, 1.165) is 10.4 Å². The van der Waals surface area contributed by atoms with Crippen LogP contribution in [0.3, 0.4) is 0 Å². The lowest BCUT2D eigenvalue weighted by molar-refractivity contribution is -0.150. The third-order valence-electron chi connectivity index (χ3n) is 1.83. The molecule has 1 aromatic rings. The number of aliphatic carboxylic acids is 1. The molecule has 0 spiro atoms. The van der Waals surface area contributed by atoms with E-state index >= 15 is 0 Å². The summed E-state index contributed by atoms with van der Waals surface area (Å²) < 4.78 is 0. The summed E-state index contributed by atoms with van der Waals surface area (Å²) in [5.74, 6) is -2.41. The summed E-state index contributed by atoms with van der Waals surface area (Å²) in [6, 6.07) is 1.95. The van der Waals surface area contributed by atoms with Crippen molar-refractivity contribution in [3.8, 4) is 0 Å². The second kappa shape index (κ2) is 4.23. The largest absolute Gasteiger partial charge is 0.474 e. The van der Waals surface area contributed by atoms with Gasteiger partial charge in [0.1, 0.15) is 0 Å². The van der Waals surface area contributed by atoms with E-state index in [9.17, 15) is 9.59 Å². The first-order valence-electron chi connectivity index (χ1n) is 4.07. The average molecular weight is 213 g/mol. The Hall–Kier alpha value is -1.36. The Labute approximate surface area is 85.6 Å². The molecule has 0 aliphatic rings. The SMILES string of the molecule is Cc1cc(CNC(=O)C(=O)O)sc1C. The van der Waals surface area contributed by atoms with Gasteiger partial charge in [0, 0.05) is 9.75 Å². The first kappa shape index (κ1) is 10.7. The van der Waals surface area contributed by atoms with Crippen LogP contribution in [0.1, 0.15) is 15.3 Å². The zero-order chi connectivity index (χ0) is 10.7. The Kier molecular flexibility index (Phi) is 3.24. The maximum absolute atomic E-state index is 10.7. The maximum atomic E-state index is 10.7. The van der Waals surface area contributed by atoms with Crippen LogP contribution < -0.4 is 5.32 Å². The lowest BCUT2D eigenvalue weighted by Crippen LogP contribution is -2.29. The van der Waals surface area contributed by atoms with Crippen LogP contribution in [0, 0.1) is 13.8 Å². The highest BCUT2D eigenvalue weighted by Gasteiger charge is 2.10. The molecular formula is C9H11NO3S. The molecule has 0 aliphatic carbocycles. The lowest BCUT2D eigenvalue weighted by atomic mass is 10.3. The summed E-state index contributed by atoms with van der Waals surface area (Å²) in [4.78, 5) is 23.0. The van der Waals surface area contributed by atoms with E-state index in [4.69, 9.17) is 5.11 Å². The molecule has 0 atom stereocenters. The normalized spacial score (nSPS) is 9.86. The Balaban J connectivity index is 2.54. The lowest BCUT2D eigenvalue weighted by Gasteiger charge is -1.97. The quantitative estimate of drug-likeness (QED) is 0.722. The van der Waals surface area contributed by atoms with Gasteiger partial charge in [0.15, 0.2) is 0 Å². The molecule has 0 radical (unpaired) electrons. The van der Waals surface area contributed by atoms with Crippen molar-refractivity contribution in [2.75, 3.05) is 0 Å². The summed E-state index contributed by atoms with van der Waals surface area (Å²) in [6.45, 7) is 4.25. The number of rotatable bonds is 2. The van der Waals surface area contributed by atoms with Gasteiger partial charge in [0.2, 0.25) is 0 Å². The zero-order valence-corrected chi connectivity index (χ0v) is 8.77. The summed E-state index contributed by atoms with van der Waals surface area (Å²) in [7, 11) is 0. The molecule has 2 N–H and O–H groups in total. The molecule has 0 saturated heterocycles. The second-order valence-electron chi connectivity index (χ2n) is 2.94. The van der Waals surface area contributed by atoms with E-state index in [1.165, 1.54) is 4.88 Å². The van der Waals surface area contributed by atoms with E-state index in [1.807, 2.05) is 19.9 Å². The molecule has 1 rings (SSSR count). The smallest absolute Gasteiger partial charge is 0.394 e. The van der Waals surface area contributed by atoms with Crippen molar-refractivity contribution >= 4 is 23.2 Å². The summed E-state index contributed by atoms with van der Waals surface area (Å²) >= 11 is 1.56. The Morgan fingerprint density at radius 2 is 2.14 bits per heavy atom. The molecule has 0 fully saturated rings. The number of carboxylic acid groups (broad SMARTS) is 1. The van der Waals surface area contributed by atoms with Gasteiger partial charge in [-0.3, -0.25) is 4.79 Å². The van der Waals surface area contributed by atoms with Gasteiger partial charge < -0.3 is 10.4 Å². The van der Waals surface area contributed by atoms with E-state index in [2.05, 4.69) is 5.32 Å². The van der Waals surface area contributed by atoms with Crippen molar-refractivity contribution in [3.63, 3.8) is 0 Å². The molecule has 1 amide bonds. The van der Waals surface area contributed by atoms with Gasteiger partial charge in [-0.1, -0.05) is 0 Å². The summed E-state index contributed by atoms with van der Waals surface area (Å²) in [5, 5.41) is 10.6. The first-order valence-corrected chi connectivity index (χ1v) is 4.89. The fourth-order valence-electron chi connectivity index (χ4n) is 0.980. The van der Waals surface area contributed by atoms with Crippen LogP contribution in [-0.4, -0.2) is 17.0 Å². The molecule has 0 aliphatic heterocycles. The van der Waals surface area contributed by atoms with Crippen LogP contribution in [0.15, 0.2) is 6.07 Å². The Morgan fingerprint density at radius 1 is 1.50 bits per heavy atom. The standard InChI is InChI=1S/C9H11NO3S/c1-5-3-7(14-6(5)2)4-10-8(11)9(12)13/h3H,4H2,1-2H3,(H,10,11)(H,12,13). The van der Waals surface area contributed by atoms with E-state index in [1.54, 1.807) is 11.3 Å². The van der Waals surface area contributed by atoms with Gasteiger partial charge in [0.05, 0.1) is 6.54 Å².